The van der Waals surface area contributed by atoms with Gasteiger partial charge in [0.1, 0.15) is 6.61 Å². The maximum atomic E-state index is 12.3. The first-order valence-electron chi connectivity index (χ1n) is 9.46. The van der Waals surface area contributed by atoms with Crippen LogP contribution in [0.4, 0.5) is 0 Å². The molecule has 0 aromatic heterocycles. The molecule has 0 fully saturated rings. The Morgan fingerprint density at radius 3 is 2.45 bits per heavy atom. The van der Waals surface area contributed by atoms with Crippen LogP contribution < -0.4 is 14.3 Å². The third-order valence-electron chi connectivity index (χ3n) is 4.60. The van der Waals surface area contributed by atoms with Crippen LogP contribution in [0.3, 0.4) is 0 Å². The molecular formula is C23H23BrN2O4S. The van der Waals surface area contributed by atoms with E-state index in [0.29, 0.717) is 28.1 Å². The van der Waals surface area contributed by atoms with E-state index in [-0.39, 0.29) is 4.90 Å². The SMILES string of the molecule is COc1cc(/C=N\NS(=O)(=O)c2ccc(C)cc2)cc(Br)c1OCc1ccccc1C. The summed E-state index contributed by atoms with van der Waals surface area (Å²) < 4.78 is 36.8. The minimum absolute atomic E-state index is 0.147. The van der Waals surface area contributed by atoms with E-state index in [4.69, 9.17) is 9.47 Å². The molecule has 3 aromatic rings. The van der Waals surface area contributed by atoms with Gasteiger partial charge in [0.15, 0.2) is 11.5 Å². The molecule has 3 aromatic carbocycles. The first-order chi connectivity index (χ1) is 14.8. The van der Waals surface area contributed by atoms with Crippen molar-refractivity contribution in [1.29, 1.82) is 0 Å². The van der Waals surface area contributed by atoms with E-state index in [9.17, 15) is 8.42 Å². The second-order valence-corrected chi connectivity index (χ2v) is 9.43. The van der Waals surface area contributed by atoms with Crippen LogP contribution in [-0.4, -0.2) is 21.7 Å². The number of aryl methyl sites for hydroxylation is 2. The van der Waals surface area contributed by atoms with Crippen LogP contribution in [0.1, 0.15) is 22.3 Å². The van der Waals surface area contributed by atoms with Gasteiger partial charge in [0.25, 0.3) is 10.0 Å². The van der Waals surface area contributed by atoms with E-state index in [1.165, 1.54) is 18.3 Å². The molecule has 6 nitrogen and oxygen atoms in total. The molecule has 31 heavy (non-hydrogen) atoms. The Morgan fingerprint density at radius 1 is 1.06 bits per heavy atom. The number of nitrogens with one attached hydrogen (secondary N) is 1. The van der Waals surface area contributed by atoms with Gasteiger partial charge in [-0.25, -0.2) is 4.83 Å². The van der Waals surface area contributed by atoms with Crippen LogP contribution in [0.25, 0.3) is 0 Å². The Balaban J connectivity index is 1.74. The summed E-state index contributed by atoms with van der Waals surface area (Å²) in [5, 5.41) is 3.88. The lowest BCUT2D eigenvalue weighted by Crippen LogP contribution is -2.18. The molecule has 0 unspecified atom stereocenters. The van der Waals surface area contributed by atoms with Crippen molar-refractivity contribution in [2.75, 3.05) is 7.11 Å². The number of methoxy groups -OCH3 is 1. The fourth-order valence-corrected chi connectivity index (χ4v) is 4.18. The topological polar surface area (TPSA) is 77.0 Å². The molecule has 0 amide bonds. The molecular weight excluding hydrogens is 480 g/mol. The summed E-state index contributed by atoms with van der Waals surface area (Å²) in [6, 6.07) is 18.0. The average Bonchev–Trinajstić information content (AvgIpc) is 2.74. The molecule has 0 aliphatic rings. The number of hydrogen-bond donors (Lipinski definition) is 1. The zero-order valence-corrected chi connectivity index (χ0v) is 19.8. The van der Waals surface area contributed by atoms with Crippen molar-refractivity contribution in [2.24, 2.45) is 5.10 Å². The second-order valence-electron chi connectivity index (χ2n) is 6.92. The van der Waals surface area contributed by atoms with Gasteiger partial charge >= 0.3 is 0 Å². The average molecular weight is 503 g/mol. The van der Waals surface area contributed by atoms with Gasteiger partial charge in [0.05, 0.1) is 22.7 Å². The van der Waals surface area contributed by atoms with Crippen LogP contribution in [-0.2, 0) is 16.6 Å². The molecule has 0 bridgehead atoms. The number of ether oxygens (including phenoxy) is 2. The van der Waals surface area contributed by atoms with E-state index in [1.54, 1.807) is 31.4 Å². The minimum Gasteiger partial charge on any atom is -0.493 e. The molecule has 1 N–H and O–H groups in total. The first kappa shape index (κ1) is 22.8. The van der Waals surface area contributed by atoms with E-state index in [1.807, 2.05) is 38.1 Å². The fraction of sp³-hybridized carbons (Fsp3) is 0.174. The van der Waals surface area contributed by atoms with Crippen LogP contribution in [0.5, 0.6) is 11.5 Å². The molecule has 0 atom stereocenters. The predicted octanol–water partition coefficient (Wildman–Crippen LogP) is 4.97. The maximum absolute atomic E-state index is 12.3. The quantitative estimate of drug-likeness (QED) is 0.348. The van der Waals surface area contributed by atoms with Crippen molar-refractivity contribution in [3.8, 4) is 11.5 Å². The van der Waals surface area contributed by atoms with Gasteiger partial charge in [0.2, 0.25) is 0 Å². The van der Waals surface area contributed by atoms with Gasteiger partial charge in [-0.2, -0.15) is 13.5 Å². The summed E-state index contributed by atoms with van der Waals surface area (Å²) in [7, 11) is -2.20. The second kappa shape index (κ2) is 9.98. The lowest BCUT2D eigenvalue weighted by Gasteiger charge is -2.14. The number of halogens is 1. The maximum Gasteiger partial charge on any atom is 0.276 e. The van der Waals surface area contributed by atoms with Gasteiger partial charge in [0, 0.05) is 0 Å². The van der Waals surface area contributed by atoms with Crippen LogP contribution in [0, 0.1) is 13.8 Å². The highest BCUT2D eigenvalue weighted by Gasteiger charge is 2.14. The number of benzene rings is 3. The van der Waals surface area contributed by atoms with E-state index in [0.717, 1.165) is 16.7 Å². The van der Waals surface area contributed by atoms with E-state index in [2.05, 4.69) is 25.9 Å². The first-order valence-corrected chi connectivity index (χ1v) is 11.7. The summed E-state index contributed by atoms with van der Waals surface area (Å²) >= 11 is 3.50. The summed E-state index contributed by atoms with van der Waals surface area (Å²) in [5.74, 6) is 1.06. The van der Waals surface area contributed by atoms with Crippen molar-refractivity contribution >= 4 is 32.2 Å². The highest BCUT2D eigenvalue weighted by molar-refractivity contribution is 9.10. The van der Waals surface area contributed by atoms with E-state index >= 15 is 0 Å². The van der Waals surface area contributed by atoms with Crippen molar-refractivity contribution < 1.29 is 17.9 Å². The third kappa shape index (κ3) is 5.86. The number of sulfonamides is 1. The van der Waals surface area contributed by atoms with Crippen LogP contribution in [0.15, 0.2) is 75.1 Å². The molecule has 8 heteroatoms. The lowest BCUT2D eigenvalue weighted by molar-refractivity contribution is 0.282. The zero-order chi connectivity index (χ0) is 22.4. The molecule has 3 rings (SSSR count). The van der Waals surface area contributed by atoms with Crippen molar-refractivity contribution in [3.63, 3.8) is 0 Å². The fourth-order valence-electron chi connectivity index (χ4n) is 2.82. The Bertz CT molecular complexity index is 1190. The number of nitrogens with zero attached hydrogens (tertiary/aromatic N) is 1. The summed E-state index contributed by atoms with van der Waals surface area (Å²) in [5.41, 5.74) is 3.83. The molecule has 162 valence electrons. The minimum atomic E-state index is -3.74. The highest BCUT2D eigenvalue weighted by Crippen LogP contribution is 2.37. The van der Waals surface area contributed by atoms with Gasteiger partial charge < -0.3 is 9.47 Å². The number of hydrazone groups is 1. The smallest absolute Gasteiger partial charge is 0.276 e. The van der Waals surface area contributed by atoms with Gasteiger partial charge in [-0.05, 0) is 70.7 Å². The Kier molecular flexibility index (Phi) is 7.35. The predicted molar refractivity (Wildman–Crippen MR) is 125 cm³/mol. The summed E-state index contributed by atoms with van der Waals surface area (Å²) in [6.45, 7) is 4.31. The van der Waals surface area contributed by atoms with Crippen molar-refractivity contribution in [1.82, 2.24) is 4.83 Å². The molecule has 0 radical (unpaired) electrons. The van der Waals surface area contributed by atoms with Crippen molar-refractivity contribution in [3.05, 3.63) is 87.4 Å². The van der Waals surface area contributed by atoms with Crippen molar-refractivity contribution in [2.45, 2.75) is 25.3 Å². The van der Waals surface area contributed by atoms with Gasteiger partial charge in [-0.15, -0.1) is 0 Å². The molecule has 0 spiro atoms. The summed E-state index contributed by atoms with van der Waals surface area (Å²) in [6.07, 6.45) is 1.41. The standard InChI is InChI=1S/C23H23BrN2O4S/c1-16-8-10-20(11-9-16)31(27,28)26-25-14-18-12-21(24)23(22(13-18)29-3)30-15-19-7-5-4-6-17(19)2/h4-14,26H,15H2,1-3H3/b25-14-. The number of hydrogen-bond acceptors (Lipinski definition) is 5. The zero-order valence-electron chi connectivity index (χ0n) is 17.4. The Morgan fingerprint density at radius 2 is 1.77 bits per heavy atom. The highest BCUT2D eigenvalue weighted by atomic mass is 79.9. The molecule has 0 saturated heterocycles. The lowest BCUT2D eigenvalue weighted by atomic mass is 10.1. The Hall–Kier alpha value is -2.84. The third-order valence-corrected chi connectivity index (χ3v) is 6.43. The molecule has 0 aliphatic carbocycles. The van der Waals surface area contributed by atoms with Gasteiger partial charge in [-0.1, -0.05) is 42.0 Å². The Labute approximate surface area is 191 Å². The van der Waals surface area contributed by atoms with Crippen LogP contribution >= 0.6 is 15.9 Å². The van der Waals surface area contributed by atoms with Crippen LogP contribution in [0.2, 0.25) is 0 Å². The molecule has 0 saturated carbocycles. The largest absolute Gasteiger partial charge is 0.493 e. The molecule has 0 aliphatic heterocycles. The normalized spacial score (nSPS) is 11.5. The molecule has 0 heterocycles. The summed E-state index contributed by atoms with van der Waals surface area (Å²) in [4.78, 5) is 2.37. The number of rotatable bonds is 8. The van der Waals surface area contributed by atoms with Gasteiger partial charge in [-0.3, -0.25) is 0 Å². The monoisotopic (exact) mass is 502 g/mol. The van der Waals surface area contributed by atoms with E-state index < -0.39 is 10.0 Å².